The van der Waals surface area contributed by atoms with Gasteiger partial charge in [0.1, 0.15) is 5.58 Å². The number of hydrogen-bond acceptors (Lipinski definition) is 3. The van der Waals surface area contributed by atoms with E-state index in [-0.39, 0.29) is 25.5 Å². The Balaban J connectivity index is 0.000000206. The van der Waals surface area contributed by atoms with E-state index in [9.17, 15) is 0 Å². The maximum atomic E-state index is 6.45. The largest absolute Gasteiger partial charge is 0.501 e. The molecule has 0 aliphatic heterocycles. The zero-order valence-corrected chi connectivity index (χ0v) is 35.5. The summed E-state index contributed by atoms with van der Waals surface area (Å²) in [6, 6.07) is 42.4. The first kappa shape index (κ1) is 38.6. The first-order valence-corrected chi connectivity index (χ1v) is 22.4. The molecule has 53 heavy (non-hydrogen) atoms. The van der Waals surface area contributed by atoms with Gasteiger partial charge in [0, 0.05) is 37.9 Å². The van der Waals surface area contributed by atoms with Crippen molar-refractivity contribution in [2.24, 2.45) is 5.92 Å². The number of aromatic nitrogens is 2. The van der Waals surface area contributed by atoms with Gasteiger partial charge < -0.3 is 14.4 Å². The number of rotatable bonds is 7. The van der Waals surface area contributed by atoms with Gasteiger partial charge in [0.25, 0.3) is 0 Å². The van der Waals surface area contributed by atoms with Crippen LogP contribution in [0.5, 0.6) is 0 Å². The number of nitrogens with zero attached hydrogens (tertiary/aromatic N) is 2. The summed E-state index contributed by atoms with van der Waals surface area (Å²) in [5.41, 5.74) is 11.0. The number of para-hydroxylation sites is 1. The summed E-state index contributed by atoms with van der Waals surface area (Å²) in [4.78, 5) is 9.44. The Morgan fingerprint density at radius 1 is 0.811 bits per heavy atom. The Morgan fingerprint density at radius 3 is 2.23 bits per heavy atom. The third-order valence-electron chi connectivity index (χ3n) is 11.0. The molecule has 1 radical (unpaired) electrons. The normalized spacial score (nSPS) is 13.6. The second-order valence-corrected chi connectivity index (χ2v) is 21.3. The molecule has 3 aromatic heterocycles. The van der Waals surface area contributed by atoms with Gasteiger partial charge in [0.15, 0.2) is 0 Å². The predicted molar refractivity (Wildman–Crippen MR) is 222 cm³/mol. The van der Waals surface area contributed by atoms with Crippen molar-refractivity contribution in [3.05, 3.63) is 139 Å². The van der Waals surface area contributed by atoms with E-state index in [1.165, 1.54) is 47.6 Å². The van der Waals surface area contributed by atoms with E-state index in [2.05, 4.69) is 137 Å². The van der Waals surface area contributed by atoms with Crippen LogP contribution in [0, 0.1) is 18.1 Å². The Hall–Kier alpha value is -4.15. The van der Waals surface area contributed by atoms with Gasteiger partial charge in [-0.2, -0.15) is 0 Å². The van der Waals surface area contributed by atoms with E-state index in [1.54, 1.807) is 0 Å². The van der Waals surface area contributed by atoms with Gasteiger partial charge >= 0.3 is 0 Å². The van der Waals surface area contributed by atoms with Crippen LogP contribution >= 0.6 is 0 Å². The fourth-order valence-electron chi connectivity index (χ4n) is 7.93. The molecule has 4 aromatic carbocycles. The van der Waals surface area contributed by atoms with Crippen molar-refractivity contribution in [1.82, 2.24) is 9.97 Å². The molecule has 1 fully saturated rings. The van der Waals surface area contributed by atoms with E-state index < -0.39 is 8.07 Å². The van der Waals surface area contributed by atoms with Crippen LogP contribution in [-0.4, -0.2) is 18.0 Å². The van der Waals surface area contributed by atoms with E-state index >= 15 is 0 Å². The molecule has 7 aromatic rings. The molecule has 0 spiro atoms. The minimum absolute atomic E-state index is 0. The Morgan fingerprint density at radius 2 is 1.53 bits per heavy atom. The zero-order valence-electron chi connectivity index (χ0n) is 32.1. The molecule has 0 N–H and O–H groups in total. The summed E-state index contributed by atoms with van der Waals surface area (Å²) in [5, 5.41) is 3.74. The molecule has 1 aliphatic rings. The molecular formula is C48H50IrN2OSi-2. The van der Waals surface area contributed by atoms with Crippen LogP contribution in [0.1, 0.15) is 70.4 Å². The number of pyridine rings is 2. The van der Waals surface area contributed by atoms with Crippen LogP contribution in [0.2, 0.25) is 19.6 Å². The summed E-state index contributed by atoms with van der Waals surface area (Å²) in [7, 11) is -1.34. The quantitative estimate of drug-likeness (QED) is 0.118. The van der Waals surface area contributed by atoms with Crippen molar-refractivity contribution in [3.8, 4) is 33.6 Å². The van der Waals surface area contributed by atoms with E-state index in [1.807, 2.05) is 42.6 Å². The second kappa shape index (κ2) is 16.1. The third kappa shape index (κ3) is 8.04. The molecule has 5 heteroatoms. The Kier molecular flexibility index (Phi) is 11.7. The van der Waals surface area contributed by atoms with Crippen LogP contribution in [0.25, 0.3) is 55.6 Å². The average Bonchev–Trinajstić information content (AvgIpc) is 3.85. The molecule has 0 atom stereocenters. The number of furan rings is 1. The van der Waals surface area contributed by atoms with Crippen molar-refractivity contribution < 1.29 is 24.5 Å². The summed E-state index contributed by atoms with van der Waals surface area (Å²) < 4.78 is 6.45. The van der Waals surface area contributed by atoms with Gasteiger partial charge in [-0.25, -0.2) is 0 Å². The van der Waals surface area contributed by atoms with Crippen LogP contribution in [0.15, 0.2) is 120 Å². The second-order valence-electron chi connectivity index (χ2n) is 16.2. The maximum Gasteiger partial charge on any atom is 0.120 e. The number of benzene rings is 4. The molecule has 8 rings (SSSR count). The first-order valence-electron chi connectivity index (χ1n) is 18.9. The van der Waals surface area contributed by atoms with Gasteiger partial charge in [-0.1, -0.05) is 143 Å². The van der Waals surface area contributed by atoms with Crippen molar-refractivity contribution >= 4 is 35.2 Å². The van der Waals surface area contributed by atoms with Gasteiger partial charge in [-0.05, 0) is 69.7 Å². The molecule has 273 valence electrons. The van der Waals surface area contributed by atoms with Crippen LogP contribution in [0.3, 0.4) is 0 Å². The molecule has 3 heterocycles. The topological polar surface area (TPSA) is 38.9 Å². The van der Waals surface area contributed by atoms with Crippen molar-refractivity contribution in [3.63, 3.8) is 0 Å². The molecule has 1 saturated carbocycles. The average molecular weight is 891 g/mol. The minimum Gasteiger partial charge on any atom is -0.501 e. The summed E-state index contributed by atoms with van der Waals surface area (Å²) in [5.74, 6) is 1.26. The summed E-state index contributed by atoms with van der Waals surface area (Å²) in [6.07, 6.45) is 9.38. The Bertz CT molecular complexity index is 2300. The fourth-order valence-corrected chi connectivity index (χ4v) is 9.61. The summed E-state index contributed by atoms with van der Waals surface area (Å²) in [6.45, 7) is 16.4. The number of hydrogen-bond donors (Lipinski definition) is 0. The zero-order chi connectivity index (χ0) is 36.5. The van der Waals surface area contributed by atoms with E-state index in [4.69, 9.17) is 9.40 Å². The minimum atomic E-state index is -1.34. The molecular weight excluding hydrogens is 841 g/mol. The molecule has 0 bridgehead atoms. The van der Waals surface area contributed by atoms with Gasteiger partial charge in [-0.3, -0.25) is 0 Å². The smallest absolute Gasteiger partial charge is 0.120 e. The molecule has 1 aliphatic carbocycles. The number of fused-ring (bicyclic) bond motifs is 3. The fraction of sp³-hybridized carbons (Fsp3) is 0.292. The van der Waals surface area contributed by atoms with Gasteiger partial charge in [-0.15, -0.1) is 48.0 Å². The van der Waals surface area contributed by atoms with Crippen LogP contribution in [0.4, 0.5) is 0 Å². The predicted octanol–water partition coefficient (Wildman–Crippen LogP) is 12.8. The van der Waals surface area contributed by atoms with Crippen LogP contribution in [-0.2, 0) is 25.5 Å². The van der Waals surface area contributed by atoms with Crippen molar-refractivity contribution in [2.45, 2.75) is 84.4 Å². The van der Waals surface area contributed by atoms with Gasteiger partial charge in [0.2, 0.25) is 0 Å². The standard InChI is InChI=1S/C31H28NO.C17H22NSi.Ir/c1-31(2,22-12-6-7-13-22)23-18-19-32-27(20-23)25-17-16-24(21-10-4-3-5-11-21)29-26-14-8-9-15-28(26)33-30(25)29;1-13(2)15-11-16(14-9-7-6-8-10-14)18-12-17(15)19(3,4)5;/h3-5,8-11,14-16,18-20,22H,6-7,12-13H2,1-2H3;6-9,11-13H,1-5H3;/q2*-1;. The SMILES string of the molecule is CC(C)(c1ccnc(-c2[c-]cc(-c3ccccc3)c3c2oc2ccccc23)c1)C1CCCC1.CC(C)c1cc(-c2[c-]cccc2)ncc1[Si](C)(C)C.[Ir]. The molecule has 0 unspecified atom stereocenters. The Labute approximate surface area is 330 Å². The van der Waals surface area contributed by atoms with E-state index in [0.29, 0.717) is 5.92 Å². The van der Waals surface area contributed by atoms with Crippen LogP contribution < -0.4 is 5.19 Å². The molecule has 0 saturated heterocycles. The third-order valence-corrected chi connectivity index (χ3v) is 13.1. The molecule has 0 amide bonds. The van der Waals surface area contributed by atoms with Crippen molar-refractivity contribution in [2.75, 3.05) is 0 Å². The van der Waals surface area contributed by atoms with Crippen molar-refractivity contribution in [1.29, 1.82) is 0 Å². The summed E-state index contributed by atoms with van der Waals surface area (Å²) >= 11 is 0. The monoisotopic (exact) mass is 891 g/mol. The van der Waals surface area contributed by atoms with E-state index in [0.717, 1.165) is 55.9 Å². The maximum absolute atomic E-state index is 6.45. The van der Waals surface area contributed by atoms with Gasteiger partial charge in [0.05, 0.1) is 13.7 Å². The first-order chi connectivity index (χ1) is 25.0. The molecule has 3 nitrogen and oxygen atoms in total.